The summed E-state index contributed by atoms with van der Waals surface area (Å²) in [4.78, 5) is 0. The first-order valence-corrected chi connectivity index (χ1v) is 3.94. The molecule has 1 heteroatoms. The average Bonchev–Trinajstić information content (AvgIpc) is 2.71. The monoisotopic (exact) mass is 201 g/mol. The van der Waals surface area contributed by atoms with E-state index in [1.165, 1.54) is 0 Å². The van der Waals surface area contributed by atoms with Crippen LogP contribution in [-0.2, 0) is 21.7 Å². The van der Waals surface area contributed by atoms with Gasteiger partial charge in [-0.15, -0.1) is 0 Å². The second-order valence-corrected chi connectivity index (χ2v) is 1.09. The number of rotatable bonds is 0. The van der Waals surface area contributed by atoms with Gasteiger partial charge >= 0.3 is 21.7 Å². The summed E-state index contributed by atoms with van der Waals surface area (Å²) in [6.45, 7) is 15.0. The van der Waals surface area contributed by atoms with E-state index in [2.05, 4.69) is 45.1 Å². The Kier molecular flexibility index (Phi) is 81.8. The van der Waals surface area contributed by atoms with Crippen molar-refractivity contribution in [3.8, 4) is 0 Å². The van der Waals surface area contributed by atoms with Crippen LogP contribution in [0, 0.1) is 20.8 Å². The van der Waals surface area contributed by atoms with Gasteiger partial charge in [0.2, 0.25) is 0 Å². The van der Waals surface area contributed by atoms with Gasteiger partial charge in [0.1, 0.15) is 0 Å². The molecule has 1 rings (SSSR count). The Hall–Kier alpha value is 0.194. The predicted octanol–water partition coefficient (Wildman–Crippen LogP) is 4.02. The Morgan fingerprint density at radius 2 is 1.00 bits per heavy atom. The molecule has 0 aromatic rings. The summed E-state index contributed by atoms with van der Waals surface area (Å²) >= 11 is 0. The van der Waals surface area contributed by atoms with Crippen LogP contribution in [0.2, 0.25) is 0 Å². The second-order valence-electron chi connectivity index (χ2n) is 1.09. The Morgan fingerprint density at radius 3 is 1.08 bits per heavy atom. The van der Waals surface area contributed by atoms with E-state index in [0.29, 0.717) is 0 Å². The van der Waals surface area contributed by atoms with Crippen molar-refractivity contribution in [3.63, 3.8) is 0 Å². The standard InChI is InChI=1S/C5H6.3C2H5.Ti/c1-2-4-5-3-1;3*1-2;/h1-4H,5H2;3*1H2,2H3;/q;3*-1;+3. The maximum Gasteiger partial charge on any atom is 3.00 e. The van der Waals surface area contributed by atoms with E-state index in [0.717, 1.165) is 6.42 Å². The molecule has 0 atom stereocenters. The molecule has 0 saturated heterocycles. The maximum absolute atomic E-state index is 3.25. The summed E-state index contributed by atoms with van der Waals surface area (Å²) in [7, 11) is 0. The topological polar surface area (TPSA) is 0 Å². The van der Waals surface area contributed by atoms with Crippen molar-refractivity contribution in [2.75, 3.05) is 0 Å². The SMILES string of the molecule is C1=CCC=C1.[CH2-]C.[CH2-]C.[CH2-]C.[Ti+3]. The zero-order valence-corrected chi connectivity index (χ0v) is 10.2. The molecule has 0 heterocycles. The van der Waals surface area contributed by atoms with Gasteiger partial charge in [0, 0.05) is 0 Å². The Labute approximate surface area is 94.0 Å². The molecule has 0 N–H and O–H groups in total. The number of allylic oxidation sites excluding steroid dienone is 4. The van der Waals surface area contributed by atoms with Gasteiger partial charge in [0.05, 0.1) is 0 Å². The molecule has 0 nitrogen and oxygen atoms in total. The van der Waals surface area contributed by atoms with Gasteiger partial charge in [-0.2, -0.15) is 20.8 Å². The Bertz CT molecular complexity index is 63.1. The first-order chi connectivity index (χ1) is 5.50. The smallest absolute Gasteiger partial charge is 0.346 e. The van der Waals surface area contributed by atoms with Crippen LogP contribution in [0.1, 0.15) is 27.2 Å². The summed E-state index contributed by atoms with van der Waals surface area (Å²) < 4.78 is 0. The van der Waals surface area contributed by atoms with E-state index in [4.69, 9.17) is 0 Å². The minimum atomic E-state index is 0. The molecule has 69 valence electrons. The van der Waals surface area contributed by atoms with Crippen LogP contribution in [0.25, 0.3) is 0 Å². The van der Waals surface area contributed by atoms with Crippen molar-refractivity contribution in [3.05, 3.63) is 45.1 Å². The summed E-state index contributed by atoms with van der Waals surface area (Å²) in [5.74, 6) is 0. The Balaban J connectivity index is -0.0000000406. The van der Waals surface area contributed by atoms with Crippen LogP contribution in [-0.4, -0.2) is 0 Å². The molecule has 0 unspecified atom stereocenters. The quantitative estimate of drug-likeness (QED) is 0.410. The van der Waals surface area contributed by atoms with Gasteiger partial charge in [-0.1, -0.05) is 24.3 Å². The Morgan fingerprint density at radius 1 is 0.750 bits per heavy atom. The van der Waals surface area contributed by atoms with Crippen molar-refractivity contribution in [1.82, 2.24) is 0 Å². The predicted molar refractivity (Wildman–Crippen MR) is 56.0 cm³/mol. The van der Waals surface area contributed by atoms with E-state index >= 15 is 0 Å². The van der Waals surface area contributed by atoms with Crippen LogP contribution >= 0.6 is 0 Å². The molecule has 1 aliphatic carbocycles. The van der Waals surface area contributed by atoms with Gasteiger partial charge in [-0.05, 0) is 6.42 Å². The van der Waals surface area contributed by atoms with Crippen molar-refractivity contribution in [1.29, 1.82) is 0 Å². The van der Waals surface area contributed by atoms with Gasteiger partial charge < -0.3 is 20.8 Å². The first-order valence-electron chi connectivity index (χ1n) is 3.94. The summed E-state index contributed by atoms with van der Waals surface area (Å²) in [6.07, 6.45) is 9.50. The zero-order chi connectivity index (χ0) is 9.54. The van der Waals surface area contributed by atoms with Crippen LogP contribution in [0.3, 0.4) is 0 Å². The fraction of sp³-hybridized carbons (Fsp3) is 0.364. The molecule has 0 aromatic heterocycles. The second kappa shape index (κ2) is 43.1. The molecular weight excluding hydrogens is 180 g/mol. The molecule has 12 heavy (non-hydrogen) atoms. The summed E-state index contributed by atoms with van der Waals surface area (Å²) in [6, 6.07) is 0. The average molecular weight is 201 g/mol. The minimum absolute atomic E-state index is 0. The third kappa shape index (κ3) is 31.9. The molecule has 0 saturated carbocycles. The number of hydrogen-bond acceptors (Lipinski definition) is 0. The van der Waals surface area contributed by atoms with Crippen LogP contribution in [0.15, 0.2) is 24.3 Å². The molecule has 0 spiro atoms. The van der Waals surface area contributed by atoms with Crippen molar-refractivity contribution < 1.29 is 21.7 Å². The van der Waals surface area contributed by atoms with Gasteiger partial charge in [-0.3, -0.25) is 0 Å². The molecule has 0 bridgehead atoms. The molecule has 1 radical (unpaired) electrons. The zero-order valence-electron chi connectivity index (χ0n) is 8.64. The fourth-order valence-electron chi connectivity index (χ4n) is 0.393. The largest absolute Gasteiger partial charge is 3.00 e. The van der Waals surface area contributed by atoms with Crippen molar-refractivity contribution >= 4 is 0 Å². The molecular formula is C11H21Ti. The van der Waals surface area contributed by atoms with Gasteiger partial charge in [0.25, 0.3) is 0 Å². The van der Waals surface area contributed by atoms with Gasteiger partial charge in [-0.25, -0.2) is 0 Å². The van der Waals surface area contributed by atoms with E-state index in [9.17, 15) is 0 Å². The van der Waals surface area contributed by atoms with Crippen molar-refractivity contribution in [2.24, 2.45) is 0 Å². The summed E-state index contributed by atoms with van der Waals surface area (Å²) in [5.41, 5.74) is 0. The van der Waals surface area contributed by atoms with Gasteiger partial charge in [0.15, 0.2) is 0 Å². The van der Waals surface area contributed by atoms with Crippen LogP contribution in [0.5, 0.6) is 0 Å². The van der Waals surface area contributed by atoms with E-state index in [1.54, 1.807) is 20.8 Å². The minimum Gasteiger partial charge on any atom is -0.346 e. The molecule has 0 aromatic carbocycles. The third-order valence-electron chi connectivity index (χ3n) is 0.655. The molecule has 0 fully saturated rings. The normalized spacial score (nSPS) is 8.83. The maximum atomic E-state index is 3.25. The molecule has 0 amide bonds. The van der Waals surface area contributed by atoms with Crippen molar-refractivity contribution in [2.45, 2.75) is 27.2 Å². The van der Waals surface area contributed by atoms with E-state index in [-0.39, 0.29) is 21.7 Å². The number of hydrogen-bond donors (Lipinski definition) is 0. The van der Waals surface area contributed by atoms with E-state index in [1.807, 2.05) is 0 Å². The first kappa shape index (κ1) is 22.8. The molecule has 0 aliphatic heterocycles. The van der Waals surface area contributed by atoms with Crippen LogP contribution < -0.4 is 0 Å². The van der Waals surface area contributed by atoms with E-state index < -0.39 is 0 Å². The molecule has 1 aliphatic rings. The fourth-order valence-corrected chi connectivity index (χ4v) is 0.393. The third-order valence-corrected chi connectivity index (χ3v) is 0.655. The van der Waals surface area contributed by atoms with Crippen LogP contribution in [0.4, 0.5) is 0 Å². The summed E-state index contributed by atoms with van der Waals surface area (Å²) in [5, 5.41) is 0.